The molecule has 108 valence electrons. The molecular weight excluding hydrogens is 224 g/mol. The van der Waals surface area contributed by atoms with Gasteiger partial charge in [-0.05, 0) is 32.2 Å². The molecular formula is C15H32N2O. The van der Waals surface area contributed by atoms with Gasteiger partial charge in [-0.1, -0.05) is 33.6 Å². The standard InChI is InChI=1S/C15H32N2O/c1-5-7-14-10-15(12-16,8-9-18-14)17(4)11-13(3)6-2/h13-14H,5-12,16H2,1-4H3. The Morgan fingerprint density at radius 1 is 1.44 bits per heavy atom. The van der Waals surface area contributed by atoms with Crippen molar-refractivity contribution in [2.24, 2.45) is 11.7 Å². The van der Waals surface area contributed by atoms with Gasteiger partial charge in [0.25, 0.3) is 0 Å². The van der Waals surface area contributed by atoms with Crippen molar-refractivity contribution in [3.8, 4) is 0 Å². The van der Waals surface area contributed by atoms with E-state index in [1.165, 1.54) is 19.3 Å². The molecule has 0 aromatic rings. The van der Waals surface area contributed by atoms with E-state index in [1.807, 2.05) is 0 Å². The summed E-state index contributed by atoms with van der Waals surface area (Å²) in [6, 6.07) is 0. The molecule has 2 N–H and O–H groups in total. The molecule has 3 heteroatoms. The van der Waals surface area contributed by atoms with Crippen molar-refractivity contribution in [1.82, 2.24) is 4.90 Å². The molecule has 1 saturated heterocycles. The largest absolute Gasteiger partial charge is 0.378 e. The summed E-state index contributed by atoms with van der Waals surface area (Å²) in [4.78, 5) is 2.51. The van der Waals surface area contributed by atoms with E-state index >= 15 is 0 Å². The van der Waals surface area contributed by atoms with Crippen molar-refractivity contribution < 1.29 is 4.74 Å². The van der Waals surface area contributed by atoms with Gasteiger partial charge in [-0.2, -0.15) is 0 Å². The number of hydrogen-bond donors (Lipinski definition) is 1. The van der Waals surface area contributed by atoms with E-state index in [-0.39, 0.29) is 5.54 Å². The first-order chi connectivity index (χ1) is 8.57. The van der Waals surface area contributed by atoms with Gasteiger partial charge in [-0.15, -0.1) is 0 Å². The van der Waals surface area contributed by atoms with E-state index in [0.29, 0.717) is 6.10 Å². The Morgan fingerprint density at radius 3 is 2.72 bits per heavy atom. The van der Waals surface area contributed by atoms with Gasteiger partial charge in [0.05, 0.1) is 6.10 Å². The van der Waals surface area contributed by atoms with Crippen LogP contribution in [-0.4, -0.2) is 43.3 Å². The zero-order valence-electron chi connectivity index (χ0n) is 12.7. The predicted molar refractivity (Wildman–Crippen MR) is 77.8 cm³/mol. The summed E-state index contributed by atoms with van der Waals surface area (Å²) in [5.74, 6) is 0.742. The van der Waals surface area contributed by atoms with Crippen LogP contribution in [0.3, 0.4) is 0 Å². The Hall–Kier alpha value is -0.120. The Morgan fingerprint density at radius 2 is 2.17 bits per heavy atom. The van der Waals surface area contributed by atoms with Crippen LogP contribution < -0.4 is 5.73 Å². The summed E-state index contributed by atoms with van der Waals surface area (Å²) in [5, 5.41) is 0. The fraction of sp³-hybridized carbons (Fsp3) is 1.00. The molecule has 0 bridgehead atoms. The minimum atomic E-state index is 0.168. The third kappa shape index (κ3) is 3.94. The first-order valence-electron chi connectivity index (χ1n) is 7.60. The molecule has 0 aromatic heterocycles. The summed E-state index contributed by atoms with van der Waals surface area (Å²) < 4.78 is 5.87. The molecule has 1 fully saturated rings. The summed E-state index contributed by atoms with van der Waals surface area (Å²) in [6.45, 7) is 9.58. The van der Waals surface area contributed by atoms with E-state index in [1.54, 1.807) is 0 Å². The van der Waals surface area contributed by atoms with Gasteiger partial charge in [0.15, 0.2) is 0 Å². The smallest absolute Gasteiger partial charge is 0.0593 e. The number of rotatable bonds is 7. The van der Waals surface area contributed by atoms with Crippen LogP contribution in [0, 0.1) is 5.92 Å². The van der Waals surface area contributed by atoms with Crippen LogP contribution in [0.25, 0.3) is 0 Å². The van der Waals surface area contributed by atoms with Crippen molar-refractivity contribution in [3.63, 3.8) is 0 Å². The van der Waals surface area contributed by atoms with Crippen LogP contribution in [-0.2, 0) is 4.74 Å². The third-order valence-corrected chi connectivity index (χ3v) is 4.61. The zero-order chi connectivity index (χ0) is 13.6. The third-order valence-electron chi connectivity index (χ3n) is 4.61. The Kier molecular flexibility index (Phi) is 6.61. The Labute approximate surface area is 113 Å². The van der Waals surface area contributed by atoms with Crippen molar-refractivity contribution >= 4 is 0 Å². The van der Waals surface area contributed by atoms with Crippen molar-refractivity contribution in [2.45, 2.75) is 64.5 Å². The second kappa shape index (κ2) is 7.46. The molecule has 0 saturated carbocycles. The van der Waals surface area contributed by atoms with E-state index < -0.39 is 0 Å². The van der Waals surface area contributed by atoms with Gasteiger partial charge in [0.1, 0.15) is 0 Å². The maximum absolute atomic E-state index is 6.12. The van der Waals surface area contributed by atoms with Crippen LogP contribution in [0.15, 0.2) is 0 Å². The van der Waals surface area contributed by atoms with E-state index in [4.69, 9.17) is 10.5 Å². The van der Waals surface area contributed by atoms with Crippen LogP contribution in [0.1, 0.15) is 52.9 Å². The highest BCUT2D eigenvalue weighted by atomic mass is 16.5. The molecule has 0 aliphatic carbocycles. The fourth-order valence-electron chi connectivity index (χ4n) is 2.99. The molecule has 0 aromatic carbocycles. The highest BCUT2D eigenvalue weighted by molar-refractivity contribution is 4.95. The van der Waals surface area contributed by atoms with Crippen LogP contribution in [0.2, 0.25) is 0 Å². The van der Waals surface area contributed by atoms with Gasteiger partial charge in [-0.25, -0.2) is 0 Å². The first-order valence-corrected chi connectivity index (χ1v) is 7.60. The fourth-order valence-corrected chi connectivity index (χ4v) is 2.99. The number of nitrogens with zero attached hydrogens (tertiary/aromatic N) is 1. The second-order valence-electron chi connectivity index (χ2n) is 6.06. The quantitative estimate of drug-likeness (QED) is 0.761. The van der Waals surface area contributed by atoms with Gasteiger partial charge < -0.3 is 10.5 Å². The lowest BCUT2D eigenvalue weighted by Gasteiger charge is -2.47. The molecule has 0 spiro atoms. The van der Waals surface area contributed by atoms with Crippen LogP contribution in [0.5, 0.6) is 0 Å². The van der Waals surface area contributed by atoms with Crippen LogP contribution in [0.4, 0.5) is 0 Å². The molecule has 1 aliphatic heterocycles. The molecule has 3 nitrogen and oxygen atoms in total. The Balaban J connectivity index is 2.65. The highest BCUT2D eigenvalue weighted by Gasteiger charge is 2.39. The Bertz CT molecular complexity index is 233. The minimum Gasteiger partial charge on any atom is -0.378 e. The van der Waals surface area contributed by atoms with E-state index in [9.17, 15) is 0 Å². The number of ether oxygens (including phenoxy) is 1. The maximum Gasteiger partial charge on any atom is 0.0593 e. The van der Waals surface area contributed by atoms with Crippen molar-refractivity contribution in [1.29, 1.82) is 0 Å². The SMILES string of the molecule is CCCC1CC(CN)(N(C)CC(C)CC)CCO1. The number of hydrogen-bond acceptors (Lipinski definition) is 3. The number of likely N-dealkylation sites (N-methyl/N-ethyl adjacent to an activating group) is 1. The topological polar surface area (TPSA) is 38.5 Å². The lowest BCUT2D eigenvalue weighted by molar-refractivity contribution is -0.0695. The maximum atomic E-state index is 6.12. The molecule has 1 rings (SSSR count). The predicted octanol–water partition coefficient (Wildman–Crippen LogP) is 2.64. The van der Waals surface area contributed by atoms with E-state index in [2.05, 4.69) is 32.7 Å². The number of nitrogens with two attached hydrogens (primary N) is 1. The molecule has 0 radical (unpaired) electrons. The normalized spacial score (nSPS) is 30.7. The van der Waals surface area contributed by atoms with Crippen molar-refractivity contribution in [2.75, 3.05) is 26.7 Å². The first kappa shape index (κ1) is 15.9. The molecule has 3 atom stereocenters. The van der Waals surface area contributed by atoms with Crippen molar-refractivity contribution in [3.05, 3.63) is 0 Å². The molecule has 3 unspecified atom stereocenters. The van der Waals surface area contributed by atoms with Gasteiger partial charge >= 0.3 is 0 Å². The van der Waals surface area contributed by atoms with Gasteiger partial charge in [0, 0.05) is 25.2 Å². The lowest BCUT2D eigenvalue weighted by Crippen LogP contribution is -2.58. The van der Waals surface area contributed by atoms with E-state index in [0.717, 1.165) is 38.5 Å². The van der Waals surface area contributed by atoms with Gasteiger partial charge in [-0.3, -0.25) is 4.90 Å². The molecule has 0 amide bonds. The molecule has 18 heavy (non-hydrogen) atoms. The minimum absolute atomic E-state index is 0.168. The zero-order valence-corrected chi connectivity index (χ0v) is 12.7. The summed E-state index contributed by atoms with van der Waals surface area (Å²) in [5.41, 5.74) is 6.29. The van der Waals surface area contributed by atoms with Gasteiger partial charge in [0.2, 0.25) is 0 Å². The summed E-state index contributed by atoms with van der Waals surface area (Å²) in [7, 11) is 2.24. The van der Waals surface area contributed by atoms with Crippen LogP contribution >= 0.6 is 0 Å². The monoisotopic (exact) mass is 256 g/mol. The average Bonchev–Trinajstić information content (AvgIpc) is 2.39. The second-order valence-corrected chi connectivity index (χ2v) is 6.06. The molecule has 1 heterocycles. The average molecular weight is 256 g/mol. The highest BCUT2D eigenvalue weighted by Crippen LogP contribution is 2.31. The lowest BCUT2D eigenvalue weighted by atomic mass is 9.83. The summed E-state index contributed by atoms with van der Waals surface area (Å²) in [6.07, 6.45) is 6.19. The summed E-state index contributed by atoms with van der Waals surface area (Å²) >= 11 is 0. The molecule has 1 aliphatic rings.